The zero-order valence-corrected chi connectivity index (χ0v) is 16.0. The molecule has 3 rings (SSSR count). The largest absolute Gasteiger partial charge is 0.493 e. The molecule has 2 aromatic rings. The summed E-state index contributed by atoms with van der Waals surface area (Å²) in [6, 6.07) is 7.54. The molecule has 0 N–H and O–H groups in total. The maximum atomic E-state index is 12.9. The molecule has 1 amide bonds. The van der Waals surface area contributed by atoms with Gasteiger partial charge in [-0.25, -0.2) is 4.98 Å². The molecule has 5 nitrogen and oxygen atoms in total. The van der Waals surface area contributed by atoms with Gasteiger partial charge in [-0.3, -0.25) is 4.79 Å². The number of carbonyl (C=O) groups is 1. The monoisotopic (exact) mass is 355 g/mol. The minimum atomic E-state index is 0.0815. The predicted octanol–water partition coefficient (Wildman–Crippen LogP) is 3.96. The number of ether oxygens (including phenoxy) is 1. The fourth-order valence-corrected chi connectivity index (χ4v) is 3.67. The number of hydrogen-bond donors (Lipinski definition) is 0. The van der Waals surface area contributed by atoms with Gasteiger partial charge in [-0.05, 0) is 37.8 Å². The first-order valence-corrected chi connectivity index (χ1v) is 9.62. The van der Waals surface area contributed by atoms with E-state index in [4.69, 9.17) is 4.74 Å². The van der Waals surface area contributed by atoms with Gasteiger partial charge >= 0.3 is 0 Å². The molecule has 0 spiro atoms. The number of piperidine rings is 1. The Bertz CT molecular complexity index is 730. The summed E-state index contributed by atoms with van der Waals surface area (Å²) in [6.07, 6.45) is 6.01. The van der Waals surface area contributed by atoms with Gasteiger partial charge in [-0.1, -0.05) is 26.0 Å². The van der Waals surface area contributed by atoms with E-state index in [2.05, 4.69) is 29.6 Å². The van der Waals surface area contributed by atoms with Crippen LogP contribution in [0.5, 0.6) is 5.75 Å². The zero-order valence-electron chi connectivity index (χ0n) is 16.0. The maximum Gasteiger partial charge on any atom is 0.257 e. The molecule has 26 heavy (non-hydrogen) atoms. The van der Waals surface area contributed by atoms with E-state index in [1.165, 1.54) is 0 Å². The van der Waals surface area contributed by atoms with Crippen LogP contribution in [0.3, 0.4) is 0 Å². The van der Waals surface area contributed by atoms with Crippen molar-refractivity contribution in [1.82, 2.24) is 14.5 Å². The molecule has 5 heteroatoms. The second-order valence-corrected chi connectivity index (χ2v) is 7.26. The van der Waals surface area contributed by atoms with E-state index in [0.29, 0.717) is 29.8 Å². The van der Waals surface area contributed by atoms with E-state index in [9.17, 15) is 4.79 Å². The third-order valence-electron chi connectivity index (χ3n) is 5.04. The summed E-state index contributed by atoms with van der Waals surface area (Å²) in [5.74, 6) is 2.93. The highest BCUT2D eigenvalue weighted by molar-refractivity contribution is 5.97. The van der Waals surface area contributed by atoms with E-state index in [0.717, 1.165) is 38.3 Å². The highest BCUT2D eigenvalue weighted by Gasteiger charge is 2.26. The summed E-state index contributed by atoms with van der Waals surface area (Å²) in [5, 5.41) is 0. The molecule has 0 unspecified atom stereocenters. The molecular weight excluding hydrogens is 326 g/mol. The number of imidazole rings is 1. The third-order valence-corrected chi connectivity index (χ3v) is 5.04. The van der Waals surface area contributed by atoms with E-state index in [1.807, 2.05) is 42.3 Å². The van der Waals surface area contributed by atoms with Gasteiger partial charge in [-0.15, -0.1) is 0 Å². The van der Waals surface area contributed by atoms with Crippen LogP contribution < -0.4 is 4.74 Å². The van der Waals surface area contributed by atoms with E-state index in [1.54, 1.807) is 0 Å². The van der Waals surface area contributed by atoms with Crippen LogP contribution in [0.15, 0.2) is 36.7 Å². The van der Waals surface area contributed by atoms with Crippen LogP contribution in [-0.2, 0) is 6.54 Å². The Morgan fingerprint density at radius 1 is 1.27 bits per heavy atom. The SMILES string of the molecule is CCOc1ccccc1C(=O)N1CCC(Cn2ccnc2C(C)C)CC1. The third kappa shape index (κ3) is 4.09. The summed E-state index contributed by atoms with van der Waals surface area (Å²) < 4.78 is 7.89. The van der Waals surface area contributed by atoms with Gasteiger partial charge < -0.3 is 14.2 Å². The number of aromatic nitrogens is 2. The lowest BCUT2D eigenvalue weighted by atomic mass is 9.96. The summed E-state index contributed by atoms with van der Waals surface area (Å²) in [5.41, 5.74) is 0.671. The maximum absolute atomic E-state index is 12.9. The fraction of sp³-hybridized carbons (Fsp3) is 0.524. The first kappa shape index (κ1) is 18.5. The smallest absolute Gasteiger partial charge is 0.257 e. The van der Waals surface area contributed by atoms with Crippen molar-refractivity contribution in [3.8, 4) is 5.75 Å². The van der Waals surface area contributed by atoms with Gasteiger partial charge in [0.1, 0.15) is 11.6 Å². The van der Waals surface area contributed by atoms with Crippen molar-refractivity contribution in [2.75, 3.05) is 19.7 Å². The molecule has 1 aromatic carbocycles. The van der Waals surface area contributed by atoms with Crippen LogP contribution in [0.2, 0.25) is 0 Å². The number of amides is 1. The van der Waals surface area contributed by atoms with Gasteiger partial charge in [-0.2, -0.15) is 0 Å². The Morgan fingerprint density at radius 2 is 2.00 bits per heavy atom. The van der Waals surface area contributed by atoms with Crippen LogP contribution in [0, 0.1) is 5.92 Å². The molecular formula is C21H29N3O2. The molecule has 1 aliphatic rings. The molecule has 0 aliphatic carbocycles. The minimum absolute atomic E-state index is 0.0815. The molecule has 2 heterocycles. The van der Waals surface area contributed by atoms with Crippen LogP contribution in [-0.4, -0.2) is 40.1 Å². The van der Waals surface area contributed by atoms with Crippen LogP contribution in [0.1, 0.15) is 55.7 Å². The molecule has 1 fully saturated rings. The van der Waals surface area contributed by atoms with Crippen molar-refractivity contribution in [2.24, 2.45) is 5.92 Å². The number of rotatable bonds is 6. The van der Waals surface area contributed by atoms with E-state index in [-0.39, 0.29) is 5.91 Å². The van der Waals surface area contributed by atoms with Crippen molar-refractivity contribution in [1.29, 1.82) is 0 Å². The Balaban J connectivity index is 1.60. The van der Waals surface area contributed by atoms with Crippen LogP contribution >= 0.6 is 0 Å². The number of para-hydroxylation sites is 1. The van der Waals surface area contributed by atoms with E-state index < -0.39 is 0 Å². The number of carbonyl (C=O) groups excluding carboxylic acids is 1. The van der Waals surface area contributed by atoms with Crippen molar-refractivity contribution in [2.45, 2.75) is 46.1 Å². The molecule has 1 aliphatic heterocycles. The second kappa shape index (κ2) is 8.39. The van der Waals surface area contributed by atoms with Crippen molar-refractivity contribution in [3.05, 3.63) is 48.0 Å². The molecule has 1 saturated heterocycles. The summed E-state index contributed by atoms with van der Waals surface area (Å²) in [7, 11) is 0. The average Bonchev–Trinajstić information content (AvgIpc) is 3.11. The Morgan fingerprint density at radius 3 is 2.69 bits per heavy atom. The summed E-state index contributed by atoms with van der Waals surface area (Å²) in [6.45, 7) is 9.45. The lowest BCUT2D eigenvalue weighted by molar-refractivity contribution is 0.0678. The molecule has 1 aromatic heterocycles. The molecule has 0 atom stereocenters. The Labute approximate surface area is 156 Å². The quantitative estimate of drug-likeness (QED) is 0.788. The molecule has 0 saturated carbocycles. The van der Waals surface area contributed by atoms with Crippen molar-refractivity contribution < 1.29 is 9.53 Å². The standard InChI is InChI=1S/C21H29N3O2/c1-4-26-19-8-6-5-7-18(19)21(25)23-12-9-17(10-13-23)15-24-14-11-22-20(24)16(2)3/h5-8,11,14,16-17H,4,9-10,12-13,15H2,1-3H3. The number of likely N-dealkylation sites (tertiary alicyclic amines) is 1. The molecule has 140 valence electrons. The minimum Gasteiger partial charge on any atom is -0.493 e. The van der Waals surface area contributed by atoms with Gasteiger partial charge in [0.05, 0.1) is 12.2 Å². The molecule has 0 radical (unpaired) electrons. The summed E-state index contributed by atoms with van der Waals surface area (Å²) in [4.78, 5) is 19.3. The fourth-order valence-electron chi connectivity index (χ4n) is 3.67. The molecule has 0 bridgehead atoms. The number of hydrogen-bond acceptors (Lipinski definition) is 3. The highest BCUT2D eigenvalue weighted by Crippen LogP contribution is 2.25. The lowest BCUT2D eigenvalue weighted by Crippen LogP contribution is -2.39. The van der Waals surface area contributed by atoms with Crippen molar-refractivity contribution in [3.63, 3.8) is 0 Å². The average molecular weight is 355 g/mol. The van der Waals surface area contributed by atoms with Crippen LogP contribution in [0.4, 0.5) is 0 Å². The first-order valence-electron chi connectivity index (χ1n) is 9.62. The normalized spacial score (nSPS) is 15.5. The second-order valence-electron chi connectivity index (χ2n) is 7.26. The highest BCUT2D eigenvalue weighted by atomic mass is 16.5. The Hall–Kier alpha value is -2.30. The first-order chi connectivity index (χ1) is 12.6. The zero-order chi connectivity index (χ0) is 18.5. The van der Waals surface area contributed by atoms with Crippen molar-refractivity contribution >= 4 is 5.91 Å². The van der Waals surface area contributed by atoms with Gasteiger partial charge in [0.25, 0.3) is 5.91 Å². The topological polar surface area (TPSA) is 47.4 Å². The predicted molar refractivity (Wildman–Crippen MR) is 103 cm³/mol. The van der Waals surface area contributed by atoms with E-state index >= 15 is 0 Å². The summed E-state index contributed by atoms with van der Waals surface area (Å²) >= 11 is 0. The Kier molecular flexibility index (Phi) is 5.96. The van der Waals surface area contributed by atoms with Gasteiger partial charge in [0.15, 0.2) is 0 Å². The van der Waals surface area contributed by atoms with Gasteiger partial charge in [0.2, 0.25) is 0 Å². The lowest BCUT2D eigenvalue weighted by Gasteiger charge is -2.33. The van der Waals surface area contributed by atoms with Gasteiger partial charge in [0, 0.05) is 37.9 Å². The van der Waals surface area contributed by atoms with Crippen LogP contribution in [0.25, 0.3) is 0 Å². The number of nitrogens with zero attached hydrogens (tertiary/aromatic N) is 3. The number of benzene rings is 1.